The monoisotopic (exact) mass is 172 g/mol. The van der Waals surface area contributed by atoms with Crippen molar-refractivity contribution in [3.63, 3.8) is 0 Å². The molecular weight excluding hydrogens is 156 g/mol. The van der Waals surface area contributed by atoms with Crippen molar-refractivity contribution in [1.29, 1.82) is 0 Å². The Morgan fingerprint density at radius 3 is 2.00 bits per heavy atom. The van der Waals surface area contributed by atoms with E-state index in [1.165, 1.54) is 5.06 Å². The van der Waals surface area contributed by atoms with Gasteiger partial charge in [0, 0.05) is 0 Å². The van der Waals surface area contributed by atoms with Gasteiger partial charge in [-0.15, -0.1) is 0 Å². The molecule has 0 bridgehead atoms. The number of ether oxygens (including phenoxy) is 1. The lowest BCUT2D eigenvalue weighted by Gasteiger charge is -2.32. The van der Waals surface area contributed by atoms with E-state index in [1.54, 1.807) is 7.11 Å². The molecule has 4 nitrogen and oxygen atoms in total. The number of rotatable bonds is 0. The van der Waals surface area contributed by atoms with Crippen LogP contribution in [0.15, 0.2) is 4.99 Å². The van der Waals surface area contributed by atoms with Crippen LogP contribution in [0.25, 0.3) is 0 Å². The van der Waals surface area contributed by atoms with Crippen LogP contribution in [0.1, 0.15) is 27.7 Å². The van der Waals surface area contributed by atoms with E-state index in [0.717, 1.165) is 0 Å². The molecule has 0 fully saturated rings. The van der Waals surface area contributed by atoms with Crippen LogP contribution in [0.3, 0.4) is 0 Å². The molecule has 0 radical (unpaired) electrons. The number of hydrogen-bond donors (Lipinski definition) is 1. The smallest absolute Gasteiger partial charge is 0.208 e. The predicted molar refractivity (Wildman–Crippen MR) is 46.2 cm³/mol. The maximum absolute atomic E-state index is 9.72. The average Bonchev–Trinajstić information content (AvgIpc) is 2.11. The fourth-order valence-corrected chi connectivity index (χ4v) is 1.50. The van der Waals surface area contributed by atoms with Crippen LogP contribution < -0.4 is 0 Å². The summed E-state index contributed by atoms with van der Waals surface area (Å²) in [4.78, 5) is 4.24. The Bertz CT molecular complexity index is 221. The van der Waals surface area contributed by atoms with E-state index in [1.807, 2.05) is 27.7 Å². The van der Waals surface area contributed by atoms with Crippen LogP contribution in [0.2, 0.25) is 0 Å². The fourth-order valence-electron chi connectivity index (χ4n) is 1.50. The minimum atomic E-state index is -0.588. The third-order valence-corrected chi connectivity index (χ3v) is 2.14. The molecule has 70 valence electrons. The van der Waals surface area contributed by atoms with Gasteiger partial charge in [0.15, 0.2) is 0 Å². The summed E-state index contributed by atoms with van der Waals surface area (Å²) in [6.07, 6.45) is 0. The van der Waals surface area contributed by atoms with Gasteiger partial charge in [-0.05, 0) is 27.7 Å². The van der Waals surface area contributed by atoms with Crippen LogP contribution in [0, 0.1) is 0 Å². The lowest BCUT2D eigenvalue weighted by Crippen LogP contribution is -2.50. The van der Waals surface area contributed by atoms with Crippen molar-refractivity contribution in [2.75, 3.05) is 7.11 Å². The van der Waals surface area contributed by atoms with Gasteiger partial charge in [-0.2, -0.15) is 5.06 Å². The highest BCUT2D eigenvalue weighted by atomic mass is 16.5. The third-order valence-electron chi connectivity index (χ3n) is 2.14. The molecule has 1 heterocycles. The lowest BCUT2D eigenvalue weighted by molar-refractivity contribution is -0.189. The molecule has 0 unspecified atom stereocenters. The van der Waals surface area contributed by atoms with Crippen LogP contribution in [0.4, 0.5) is 0 Å². The SMILES string of the molecule is COC1=NC(C)(C)N(O)C1(C)C. The van der Waals surface area contributed by atoms with Gasteiger partial charge in [0.1, 0.15) is 11.2 Å². The third kappa shape index (κ3) is 1.11. The summed E-state index contributed by atoms with van der Waals surface area (Å²) in [7, 11) is 1.57. The van der Waals surface area contributed by atoms with E-state index in [0.29, 0.717) is 5.90 Å². The molecule has 1 aliphatic rings. The van der Waals surface area contributed by atoms with E-state index in [-0.39, 0.29) is 0 Å². The van der Waals surface area contributed by atoms with Gasteiger partial charge in [-0.1, -0.05) is 0 Å². The second-order valence-corrected chi connectivity index (χ2v) is 3.99. The van der Waals surface area contributed by atoms with Crippen molar-refractivity contribution in [3.05, 3.63) is 0 Å². The Labute approximate surface area is 72.8 Å². The van der Waals surface area contributed by atoms with E-state index < -0.39 is 11.2 Å². The number of nitrogens with zero attached hydrogens (tertiary/aromatic N) is 2. The molecule has 0 amide bonds. The molecule has 12 heavy (non-hydrogen) atoms. The molecule has 1 aliphatic heterocycles. The molecule has 0 aromatic carbocycles. The quantitative estimate of drug-likeness (QED) is 0.598. The van der Waals surface area contributed by atoms with Crippen LogP contribution in [0.5, 0.6) is 0 Å². The summed E-state index contributed by atoms with van der Waals surface area (Å²) in [5, 5.41) is 10.9. The van der Waals surface area contributed by atoms with Gasteiger partial charge in [-0.25, -0.2) is 4.99 Å². The maximum atomic E-state index is 9.72. The molecule has 0 atom stereocenters. The summed E-state index contributed by atoms with van der Waals surface area (Å²) in [5.41, 5.74) is -1.12. The molecule has 0 aliphatic carbocycles. The minimum absolute atomic E-state index is 0.530. The molecule has 1 N–H and O–H groups in total. The van der Waals surface area contributed by atoms with Crippen LogP contribution in [-0.4, -0.2) is 34.5 Å². The summed E-state index contributed by atoms with van der Waals surface area (Å²) >= 11 is 0. The van der Waals surface area contributed by atoms with Crippen molar-refractivity contribution >= 4 is 5.90 Å². The normalized spacial score (nSPS) is 27.0. The lowest BCUT2D eigenvalue weighted by atomic mass is 10.1. The Kier molecular flexibility index (Phi) is 1.92. The van der Waals surface area contributed by atoms with Gasteiger partial charge in [0.25, 0.3) is 0 Å². The van der Waals surface area contributed by atoms with Gasteiger partial charge in [0.2, 0.25) is 5.90 Å². The zero-order chi connectivity index (χ0) is 9.57. The van der Waals surface area contributed by atoms with Crippen LogP contribution in [-0.2, 0) is 4.74 Å². The molecular formula is C8H16N2O2. The first-order valence-electron chi connectivity index (χ1n) is 3.96. The summed E-state index contributed by atoms with van der Waals surface area (Å²) in [6, 6.07) is 0. The number of aliphatic imine (C=N–C) groups is 1. The van der Waals surface area contributed by atoms with E-state index in [4.69, 9.17) is 4.74 Å². The molecule has 0 aromatic heterocycles. The molecule has 4 heteroatoms. The van der Waals surface area contributed by atoms with Crippen molar-refractivity contribution in [3.8, 4) is 0 Å². The minimum Gasteiger partial charge on any atom is -0.483 e. The maximum Gasteiger partial charge on any atom is 0.208 e. The summed E-state index contributed by atoms with van der Waals surface area (Å²) < 4.78 is 5.08. The number of hydrogen-bond acceptors (Lipinski definition) is 4. The van der Waals surface area contributed by atoms with Gasteiger partial charge in [-0.3, -0.25) is 0 Å². The van der Waals surface area contributed by atoms with Gasteiger partial charge >= 0.3 is 0 Å². The zero-order valence-electron chi connectivity index (χ0n) is 8.25. The van der Waals surface area contributed by atoms with Gasteiger partial charge < -0.3 is 9.94 Å². The van der Waals surface area contributed by atoms with Crippen molar-refractivity contribution < 1.29 is 9.94 Å². The highest BCUT2D eigenvalue weighted by Gasteiger charge is 2.48. The van der Waals surface area contributed by atoms with Crippen molar-refractivity contribution in [2.45, 2.75) is 38.9 Å². The first kappa shape index (κ1) is 9.48. The van der Waals surface area contributed by atoms with Gasteiger partial charge in [0.05, 0.1) is 7.11 Å². The zero-order valence-corrected chi connectivity index (χ0v) is 8.25. The molecule has 0 saturated heterocycles. The second-order valence-electron chi connectivity index (χ2n) is 3.99. The predicted octanol–water partition coefficient (Wildman–Crippen LogP) is 1.25. The standard InChI is InChI=1S/C8H16N2O2/c1-7(2)6(12-5)9-8(3,4)10(7)11/h11H,1-5H3. The van der Waals surface area contributed by atoms with Crippen LogP contribution >= 0.6 is 0 Å². The van der Waals surface area contributed by atoms with E-state index in [9.17, 15) is 5.21 Å². The Balaban J connectivity index is 3.03. The molecule has 0 aromatic rings. The summed E-state index contributed by atoms with van der Waals surface area (Å²) in [6.45, 7) is 7.40. The second kappa shape index (κ2) is 2.44. The molecule has 1 rings (SSSR count). The topological polar surface area (TPSA) is 45.1 Å². The van der Waals surface area contributed by atoms with E-state index in [2.05, 4.69) is 4.99 Å². The number of hydroxylamine groups is 2. The largest absolute Gasteiger partial charge is 0.483 e. The van der Waals surface area contributed by atoms with E-state index >= 15 is 0 Å². The van der Waals surface area contributed by atoms with Crippen molar-refractivity contribution in [1.82, 2.24) is 5.06 Å². The molecule has 0 spiro atoms. The Morgan fingerprint density at radius 1 is 1.33 bits per heavy atom. The van der Waals surface area contributed by atoms with Crippen molar-refractivity contribution in [2.24, 2.45) is 4.99 Å². The number of methoxy groups -OCH3 is 1. The summed E-state index contributed by atoms with van der Waals surface area (Å²) in [5.74, 6) is 0.565. The Morgan fingerprint density at radius 2 is 1.83 bits per heavy atom. The molecule has 0 saturated carbocycles. The highest BCUT2D eigenvalue weighted by molar-refractivity contribution is 5.87. The average molecular weight is 172 g/mol. The highest BCUT2D eigenvalue weighted by Crippen LogP contribution is 2.32. The Hall–Kier alpha value is -0.610. The fraction of sp³-hybridized carbons (Fsp3) is 0.875. The first-order valence-corrected chi connectivity index (χ1v) is 3.96. The first-order chi connectivity index (χ1) is 5.32.